The van der Waals surface area contributed by atoms with Crippen LogP contribution in [-0.2, 0) is 6.18 Å². The second-order valence-corrected chi connectivity index (χ2v) is 5.60. The van der Waals surface area contributed by atoms with Gasteiger partial charge < -0.3 is 9.64 Å². The van der Waals surface area contributed by atoms with Gasteiger partial charge in [-0.25, -0.2) is 4.98 Å². The predicted molar refractivity (Wildman–Crippen MR) is 73.9 cm³/mol. The van der Waals surface area contributed by atoms with E-state index in [0.29, 0.717) is 18.7 Å². The van der Waals surface area contributed by atoms with Crippen molar-refractivity contribution in [2.24, 2.45) is 0 Å². The maximum absolute atomic E-state index is 12.6. The Hall–Kier alpha value is -2.09. The zero-order valence-corrected chi connectivity index (χ0v) is 12.0. The van der Waals surface area contributed by atoms with Gasteiger partial charge in [-0.2, -0.15) is 24.5 Å². The van der Waals surface area contributed by atoms with Gasteiger partial charge in [0.2, 0.25) is 5.88 Å². The smallest absolute Gasteiger partial charge is 0.433 e. The van der Waals surface area contributed by atoms with Crippen LogP contribution in [0.2, 0.25) is 0 Å². The van der Waals surface area contributed by atoms with E-state index in [-0.39, 0.29) is 17.9 Å². The summed E-state index contributed by atoms with van der Waals surface area (Å²) >= 11 is 1.43. The predicted octanol–water partition coefficient (Wildman–Crippen LogP) is 3.07. The molecule has 0 radical (unpaired) electrons. The third-order valence-electron chi connectivity index (χ3n) is 3.20. The number of carbonyl (C=O) groups is 1. The number of hydrogen-bond acceptors (Lipinski definition) is 4. The first kappa shape index (κ1) is 14.8. The highest BCUT2D eigenvalue weighted by Gasteiger charge is 2.35. The van der Waals surface area contributed by atoms with E-state index in [1.54, 1.807) is 16.3 Å². The molecule has 0 aromatic carbocycles. The monoisotopic (exact) mass is 328 g/mol. The molecule has 116 valence electrons. The lowest BCUT2D eigenvalue weighted by Crippen LogP contribution is -2.56. The van der Waals surface area contributed by atoms with Crippen LogP contribution in [0.5, 0.6) is 5.88 Å². The van der Waals surface area contributed by atoms with Crippen molar-refractivity contribution in [2.75, 3.05) is 13.1 Å². The minimum atomic E-state index is -4.50. The summed E-state index contributed by atoms with van der Waals surface area (Å²) < 4.78 is 43.1. The molecule has 1 amide bonds. The molecule has 3 heterocycles. The first-order valence-electron chi connectivity index (χ1n) is 6.46. The number of halogens is 3. The summed E-state index contributed by atoms with van der Waals surface area (Å²) in [5.74, 6) is -0.180. The van der Waals surface area contributed by atoms with Gasteiger partial charge in [0.05, 0.1) is 18.7 Å². The van der Waals surface area contributed by atoms with Crippen LogP contribution in [0, 0.1) is 0 Å². The Balaban J connectivity index is 1.57. The summed E-state index contributed by atoms with van der Waals surface area (Å²) in [5.41, 5.74) is -0.379. The second kappa shape index (κ2) is 5.60. The first-order chi connectivity index (χ1) is 10.4. The molecular formula is C14H11F3N2O2S. The molecule has 0 aliphatic carbocycles. The summed E-state index contributed by atoms with van der Waals surface area (Å²) in [6.07, 6.45) is -4.83. The van der Waals surface area contributed by atoms with Crippen LogP contribution in [0.1, 0.15) is 16.1 Å². The zero-order valence-electron chi connectivity index (χ0n) is 11.2. The molecule has 2 aromatic heterocycles. The average Bonchev–Trinajstić information content (AvgIpc) is 2.95. The molecule has 8 heteroatoms. The second-order valence-electron chi connectivity index (χ2n) is 4.82. The van der Waals surface area contributed by atoms with Crippen molar-refractivity contribution in [3.8, 4) is 5.88 Å². The number of likely N-dealkylation sites (tertiary alicyclic amines) is 1. The van der Waals surface area contributed by atoms with Crippen LogP contribution >= 0.6 is 11.3 Å². The van der Waals surface area contributed by atoms with Gasteiger partial charge in [-0.3, -0.25) is 4.79 Å². The molecule has 0 unspecified atom stereocenters. The molecule has 1 aliphatic rings. The van der Waals surface area contributed by atoms with Crippen molar-refractivity contribution in [3.05, 3.63) is 46.3 Å². The van der Waals surface area contributed by atoms with Gasteiger partial charge in [-0.05, 0) is 17.5 Å². The Labute approximate surface area is 128 Å². The largest absolute Gasteiger partial charge is 0.471 e. The molecule has 1 aliphatic heterocycles. The Morgan fingerprint density at radius 1 is 1.32 bits per heavy atom. The molecule has 0 atom stereocenters. The van der Waals surface area contributed by atoms with E-state index in [2.05, 4.69) is 4.98 Å². The van der Waals surface area contributed by atoms with Gasteiger partial charge in [-0.1, -0.05) is 6.07 Å². The van der Waals surface area contributed by atoms with Crippen molar-refractivity contribution in [1.29, 1.82) is 0 Å². The van der Waals surface area contributed by atoms with Gasteiger partial charge in [0.15, 0.2) is 0 Å². The SMILES string of the molecule is O=C(c1ccsc1)N1CC(Oc2cccc(C(F)(F)F)n2)C1. The highest BCUT2D eigenvalue weighted by molar-refractivity contribution is 7.08. The van der Waals surface area contributed by atoms with E-state index in [0.717, 1.165) is 6.07 Å². The molecule has 3 rings (SSSR count). The summed E-state index contributed by atoms with van der Waals surface area (Å²) in [6.45, 7) is 0.680. The lowest BCUT2D eigenvalue weighted by atomic mass is 10.1. The minimum Gasteiger partial charge on any atom is -0.471 e. The van der Waals surface area contributed by atoms with Crippen LogP contribution in [0.15, 0.2) is 35.0 Å². The number of aromatic nitrogens is 1. The number of carbonyl (C=O) groups excluding carboxylic acids is 1. The minimum absolute atomic E-state index is 0.0811. The van der Waals surface area contributed by atoms with Crippen molar-refractivity contribution < 1.29 is 22.7 Å². The molecular weight excluding hydrogens is 317 g/mol. The fraction of sp³-hybridized carbons (Fsp3) is 0.286. The van der Waals surface area contributed by atoms with E-state index in [9.17, 15) is 18.0 Å². The molecule has 22 heavy (non-hydrogen) atoms. The maximum atomic E-state index is 12.6. The number of alkyl halides is 3. The Kier molecular flexibility index (Phi) is 3.78. The first-order valence-corrected chi connectivity index (χ1v) is 7.40. The van der Waals surface area contributed by atoms with E-state index in [1.165, 1.54) is 23.5 Å². The van der Waals surface area contributed by atoms with Crippen molar-refractivity contribution >= 4 is 17.2 Å². The van der Waals surface area contributed by atoms with Crippen LogP contribution in [-0.4, -0.2) is 35.0 Å². The van der Waals surface area contributed by atoms with E-state index >= 15 is 0 Å². The average molecular weight is 328 g/mol. The summed E-state index contributed by atoms with van der Waals surface area (Å²) in [5, 5.41) is 3.57. The lowest BCUT2D eigenvalue weighted by molar-refractivity contribution is -0.141. The fourth-order valence-corrected chi connectivity index (χ4v) is 2.69. The normalized spacial score (nSPS) is 15.5. The maximum Gasteiger partial charge on any atom is 0.433 e. The van der Waals surface area contributed by atoms with Crippen molar-refractivity contribution in [1.82, 2.24) is 9.88 Å². The molecule has 0 spiro atoms. The van der Waals surface area contributed by atoms with E-state index in [4.69, 9.17) is 4.74 Å². The number of rotatable bonds is 3. The van der Waals surface area contributed by atoms with Gasteiger partial charge in [-0.15, -0.1) is 0 Å². The standard InChI is InChI=1S/C14H11F3N2O2S/c15-14(16,17)11-2-1-3-12(18-11)21-10-6-19(7-10)13(20)9-4-5-22-8-9/h1-5,8,10H,6-7H2. The van der Waals surface area contributed by atoms with E-state index in [1.807, 2.05) is 5.38 Å². The quantitative estimate of drug-likeness (QED) is 0.870. The topological polar surface area (TPSA) is 42.4 Å². The summed E-state index contributed by atoms with van der Waals surface area (Å²) in [4.78, 5) is 17.0. The number of thiophene rings is 1. The molecule has 0 bridgehead atoms. The Bertz CT molecular complexity index is 667. The highest BCUT2D eigenvalue weighted by atomic mass is 32.1. The lowest BCUT2D eigenvalue weighted by Gasteiger charge is -2.38. The fourth-order valence-electron chi connectivity index (χ4n) is 2.06. The third kappa shape index (κ3) is 3.06. The van der Waals surface area contributed by atoms with Gasteiger partial charge in [0, 0.05) is 11.4 Å². The molecule has 0 N–H and O–H groups in total. The molecule has 1 fully saturated rings. The number of amides is 1. The molecule has 1 saturated heterocycles. The summed E-state index contributed by atoms with van der Waals surface area (Å²) in [6, 6.07) is 5.24. The zero-order chi connectivity index (χ0) is 15.7. The molecule has 4 nitrogen and oxygen atoms in total. The van der Waals surface area contributed by atoms with Crippen molar-refractivity contribution in [3.63, 3.8) is 0 Å². The van der Waals surface area contributed by atoms with Crippen LogP contribution in [0.3, 0.4) is 0 Å². The highest BCUT2D eigenvalue weighted by Crippen LogP contribution is 2.29. The van der Waals surface area contributed by atoms with Gasteiger partial charge >= 0.3 is 6.18 Å². The number of nitrogens with zero attached hydrogens (tertiary/aromatic N) is 2. The van der Waals surface area contributed by atoms with Gasteiger partial charge in [0.25, 0.3) is 5.91 Å². The number of ether oxygens (including phenoxy) is 1. The molecule has 2 aromatic rings. The molecule has 0 saturated carbocycles. The van der Waals surface area contributed by atoms with Crippen LogP contribution in [0.25, 0.3) is 0 Å². The van der Waals surface area contributed by atoms with Gasteiger partial charge in [0.1, 0.15) is 11.8 Å². The number of pyridine rings is 1. The Morgan fingerprint density at radius 3 is 2.73 bits per heavy atom. The third-order valence-corrected chi connectivity index (χ3v) is 3.89. The van der Waals surface area contributed by atoms with Crippen molar-refractivity contribution in [2.45, 2.75) is 12.3 Å². The Morgan fingerprint density at radius 2 is 2.09 bits per heavy atom. The summed E-state index contributed by atoms with van der Waals surface area (Å²) in [7, 11) is 0. The van der Waals surface area contributed by atoms with Crippen LogP contribution < -0.4 is 4.74 Å². The van der Waals surface area contributed by atoms with E-state index < -0.39 is 11.9 Å². The number of hydrogen-bond donors (Lipinski definition) is 0. The van der Waals surface area contributed by atoms with Crippen LogP contribution in [0.4, 0.5) is 13.2 Å².